The highest BCUT2D eigenvalue weighted by atomic mass is 35.5. The molecule has 0 fully saturated rings. The van der Waals surface area contributed by atoms with E-state index in [4.69, 9.17) is 11.6 Å². The molecule has 1 heterocycles. The summed E-state index contributed by atoms with van der Waals surface area (Å²) in [4.78, 5) is 38.5. The largest absolute Gasteiger partial charge is 0.480 e. The number of nitrogens with zero attached hydrogens (tertiary/aromatic N) is 1. The van der Waals surface area contributed by atoms with Gasteiger partial charge in [-0.1, -0.05) is 17.7 Å². The number of aromatic nitrogens is 1. The number of carboxylic acid groups (broad SMARTS) is 1. The standard InChI is InChI=1S/C17H16ClN3O4/c1-10(22)20-13-5-3-12(4-6-13)16(23)21-14(17(24)25)8-11-2-7-15(18)19-9-11/h2-7,9,14H,8H2,1H3,(H,20,22)(H,21,23)(H,24,25)/t14-/m1/s1. The third-order valence-electron chi connectivity index (χ3n) is 3.30. The molecular weight excluding hydrogens is 346 g/mol. The number of pyridine rings is 1. The van der Waals surface area contributed by atoms with Crippen molar-refractivity contribution in [2.75, 3.05) is 5.32 Å². The average Bonchev–Trinajstić information content (AvgIpc) is 2.56. The second-order valence-electron chi connectivity index (χ2n) is 5.32. The number of rotatable bonds is 6. The fourth-order valence-electron chi connectivity index (χ4n) is 2.11. The maximum atomic E-state index is 12.2. The molecule has 0 saturated carbocycles. The molecule has 130 valence electrons. The Bertz CT molecular complexity index is 775. The second-order valence-corrected chi connectivity index (χ2v) is 5.70. The molecule has 2 rings (SSSR count). The maximum absolute atomic E-state index is 12.2. The summed E-state index contributed by atoms with van der Waals surface area (Å²) in [6, 6.07) is 8.24. The van der Waals surface area contributed by atoms with Crippen molar-refractivity contribution in [3.05, 3.63) is 58.9 Å². The smallest absolute Gasteiger partial charge is 0.326 e. The highest BCUT2D eigenvalue weighted by Crippen LogP contribution is 2.11. The predicted octanol–water partition coefficient (Wildman–Crippen LogP) is 2.12. The third-order valence-corrected chi connectivity index (χ3v) is 3.52. The summed E-state index contributed by atoms with van der Waals surface area (Å²) < 4.78 is 0. The van der Waals surface area contributed by atoms with Crippen molar-refractivity contribution in [1.82, 2.24) is 10.3 Å². The van der Waals surface area contributed by atoms with Crippen molar-refractivity contribution < 1.29 is 19.5 Å². The molecule has 2 aromatic rings. The Balaban J connectivity index is 2.05. The Labute approximate surface area is 149 Å². The molecule has 0 aliphatic rings. The van der Waals surface area contributed by atoms with E-state index in [1.54, 1.807) is 24.3 Å². The van der Waals surface area contributed by atoms with Crippen LogP contribution in [-0.2, 0) is 16.0 Å². The lowest BCUT2D eigenvalue weighted by molar-refractivity contribution is -0.139. The molecule has 0 radical (unpaired) electrons. The van der Waals surface area contributed by atoms with E-state index in [9.17, 15) is 19.5 Å². The summed E-state index contributed by atoms with van der Waals surface area (Å²) in [7, 11) is 0. The number of anilines is 1. The number of carboxylic acids is 1. The first-order valence-corrected chi connectivity index (χ1v) is 7.74. The predicted molar refractivity (Wildman–Crippen MR) is 92.6 cm³/mol. The van der Waals surface area contributed by atoms with Gasteiger partial charge in [0.05, 0.1) is 0 Å². The fourth-order valence-corrected chi connectivity index (χ4v) is 2.22. The lowest BCUT2D eigenvalue weighted by Gasteiger charge is -2.15. The number of halogens is 1. The van der Waals surface area contributed by atoms with E-state index in [1.807, 2.05) is 0 Å². The van der Waals surface area contributed by atoms with E-state index in [0.717, 1.165) is 0 Å². The van der Waals surface area contributed by atoms with Gasteiger partial charge in [-0.25, -0.2) is 9.78 Å². The summed E-state index contributed by atoms with van der Waals surface area (Å²) in [6.45, 7) is 1.38. The molecular formula is C17H16ClN3O4. The van der Waals surface area contributed by atoms with Crippen molar-refractivity contribution in [3.8, 4) is 0 Å². The van der Waals surface area contributed by atoms with Crippen molar-refractivity contribution in [3.63, 3.8) is 0 Å². The zero-order chi connectivity index (χ0) is 18.4. The van der Waals surface area contributed by atoms with Gasteiger partial charge in [0, 0.05) is 30.8 Å². The normalized spacial score (nSPS) is 11.4. The molecule has 2 amide bonds. The minimum absolute atomic E-state index is 0.0786. The van der Waals surface area contributed by atoms with Crippen LogP contribution in [0.4, 0.5) is 5.69 Å². The van der Waals surface area contributed by atoms with Gasteiger partial charge in [0.15, 0.2) is 0 Å². The van der Waals surface area contributed by atoms with Crippen LogP contribution in [0.1, 0.15) is 22.8 Å². The molecule has 3 N–H and O–H groups in total. The Kier molecular flexibility index (Phi) is 6.08. The summed E-state index contributed by atoms with van der Waals surface area (Å²) in [5.41, 5.74) is 1.47. The van der Waals surface area contributed by atoms with Crippen molar-refractivity contribution >= 4 is 35.1 Å². The number of benzene rings is 1. The molecule has 7 nitrogen and oxygen atoms in total. The van der Waals surface area contributed by atoms with E-state index in [1.165, 1.54) is 25.3 Å². The van der Waals surface area contributed by atoms with Gasteiger partial charge in [-0.2, -0.15) is 0 Å². The number of aliphatic carboxylic acids is 1. The first kappa shape index (κ1) is 18.4. The molecule has 8 heteroatoms. The van der Waals surface area contributed by atoms with Crippen LogP contribution >= 0.6 is 11.6 Å². The molecule has 1 atom stereocenters. The van der Waals surface area contributed by atoms with Crippen LogP contribution in [0, 0.1) is 0 Å². The zero-order valence-electron chi connectivity index (χ0n) is 13.3. The van der Waals surface area contributed by atoms with E-state index in [0.29, 0.717) is 16.4 Å². The molecule has 25 heavy (non-hydrogen) atoms. The van der Waals surface area contributed by atoms with E-state index in [2.05, 4.69) is 15.6 Å². The molecule has 0 bridgehead atoms. The summed E-state index contributed by atoms with van der Waals surface area (Å²) in [6.07, 6.45) is 1.54. The molecule has 0 aliphatic carbocycles. The Hall–Kier alpha value is -2.93. The van der Waals surface area contributed by atoms with Gasteiger partial charge in [0.1, 0.15) is 11.2 Å². The Morgan fingerprint density at radius 1 is 1.16 bits per heavy atom. The molecule has 0 spiro atoms. The lowest BCUT2D eigenvalue weighted by atomic mass is 10.1. The van der Waals surface area contributed by atoms with Gasteiger partial charge in [0.2, 0.25) is 5.91 Å². The minimum Gasteiger partial charge on any atom is -0.480 e. The average molecular weight is 362 g/mol. The van der Waals surface area contributed by atoms with Crippen LogP contribution in [0.25, 0.3) is 0 Å². The van der Waals surface area contributed by atoms with Crippen molar-refractivity contribution in [2.45, 2.75) is 19.4 Å². The quantitative estimate of drug-likeness (QED) is 0.683. The second kappa shape index (κ2) is 8.25. The first-order chi connectivity index (χ1) is 11.8. The van der Waals surface area contributed by atoms with Crippen LogP contribution < -0.4 is 10.6 Å². The van der Waals surface area contributed by atoms with Crippen molar-refractivity contribution in [1.29, 1.82) is 0 Å². The SMILES string of the molecule is CC(=O)Nc1ccc(C(=O)N[C@H](Cc2ccc(Cl)nc2)C(=O)O)cc1. The number of carbonyl (C=O) groups is 3. The van der Waals surface area contributed by atoms with Gasteiger partial charge in [-0.3, -0.25) is 9.59 Å². The number of amides is 2. The van der Waals surface area contributed by atoms with E-state index >= 15 is 0 Å². The van der Waals surface area contributed by atoms with Gasteiger partial charge < -0.3 is 15.7 Å². The van der Waals surface area contributed by atoms with E-state index in [-0.39, 0.29) is 17.9 Å². The Morgan fingerprint density at radius 3 is 2.36 bits per heavy atom. The zero-order valence-corrected chi connectivity index (χ0v) is 14.1. The summed E-state index contributed by atoms with van der Waals surface area (Å²) in [5.74, 6) is -1.90. The number of nitrogens with one attached hydrogen (secondary N) is 2. The highest BCUT2D eigenvalue weighted by Gasteiger charge is 2.21. The Morgan fingerprint density at radius 2 is 1.84 bits per heavy atom. The lowest BCUT2D eigenvalue weighted by Crippen LogP contribution is -2.42. The minimum atomic E-state index is -1.15. The van der Waals surface area contributed by atoms with Crippen LogP contribution in [0.2, 0.25) is 5.15 Å². The highest BCUT2D eigenvalue weighted by molar-refractivity contribution is 6.29. The molecule has 1 aromatic heterocycles. The monoisotopic (exact) mass is 361 g/mol. The third kappa shape index (κ3) is 5.58. The van der Waals surface area contributed by atoms with Gasteiger partial charge >= 0.3 is 5.97 Å². The van der Waals surface area contributed by atoms with Crippen LogP contribution in [0.5, 0.6) is 0 Å². The molecule has 0 aliphatic heterocycles. The maximum Gasteiger partial charge on any atom is 0.326 e. The molecule has 1 aromatic carbocycles. The van der Waals surface area contributed by atoms with Gasteiger partial charge in [-0.15, -0.1) is 0 Å². The number of hydrogen-bond donors (Lipinski definition) is 3. The number of carbonyl (C=O) groups excluding carboxylic acids is 2. The fraction of sp³-hybridized carbons (Fsp3) is 0.176. The summed E-state index contributed by atoms with van der Waals surface area (Å²) >= 11 is 5.70. The van der Waals surface area contributed by atoms with Crippen LogP contribution in [0.3, 0.4) is 0 Å². The van der Waals surface area contributed by atoms with Crippen molar-refractivity contribution in [2.24, 2.45) is 0 Å². The summed E-state index contributed by atoms with van der Waals surface area (Å²) in [5, 5.41) is 14.7. The van der Waals surface area contributed by atoms with Crippen LogP contribution in [-0.4, -0.2) is 33.9 Å². The van der Waals surface area contributed by atoms with E-state index < -0.39 is 17.9 Å². The topological polar surface area (TPSA) is 108 Å². The number of hydrogen-bond acceptors (Lipinski definition) is 4. The van der Waals surface area contributed by atoms with Gasteiger partial charge in [-0.05, 0) is 35.9 Å². The van der Waals surface area contributed by atoms with Crippen LogP contribution in [0.15, 0.2) is 42.6 Å². The molecule has 0 unspecified atom stereocenters. The first-order valence-electron chi connectivity index (χ1n) is 7.37. The van der Waals surface area contributed by atoms with Gasteiger partial charge in [0.25, 0.3) is 5.91 Å². The molecule has 0 saturated heterocycles.